The van der Waals surface area contributed by atoms with Gasteiger partial charge in [-0.1, -0.05) is 17.7 Å². The highest BCUT2D eigenvalue weighted by Gasteiger charge is 2.27. The molecule has 0 aromatic heterocycles. The van der Waals surface area contributed by atoms with Crippen LogP contribution in [0.4, 0.5) is 11.4 Å². The van der Waals surface area contributed by atoms with Crippen LogP contribution in [-0.4, -0.2) is 17.9 Å². The van der Waals surface area contributed by atoms with Gasteiger partial charge in [0.15, 0.2) is 11.9 Å². The molecule has 1 atom stereocenters. The molecule has 0 spiro atoms. The van der Waals surface area contributed by atoms with Crippen LogP contribution < -0.4 is 15.4 Å². The molecule has 2 aromatic carbocycles. The highest BCUT2D eigenvalue weighted by atomic mass is 35.5. The van der Waals surface area contributed by atoms with Gasteiger partial charge in [-0.05, 0) is 43.3 Å². The summed E-state index contributed by atoms with van der Waals surface area (Å²) in [6.07, 6.45) is -0.642. The molecule has 6 heteroatoms. The number of ether oxygens (including phenoxy) is 1. The quantitative estimate of drug-likeness (QED) is 0.893. The molecule has 2 N–H and O–H groups in total. The fourth-order valence-corrected chi connectivity index (χ4v) is 2.26. The number of carbonyl (C=O) groups excluding carboxylic acids is 2. The first-order valence-corrected chi connectivity index (χ1v) is 7.10. The average molecular weight is 317 g/mol. The van der Waals surface area contributed by atoms with Gasteiger partial charge in [0.2, 0.25) is 0 Å². The van der Waals surface area contributed by atoms with Gasteiger partial charge in [-0.15, -0.1) is 0 Å². The normalized spacial score (nSPS) is 16.3. The predicted molar refractivity (Wildman–Crippen MR) is 84.6 cm³/mol. The minimum atomic E-state index is -0.642. The van der Waals surface area contributed by atoms with Crippen molar-refractivity contribution in [2.45, 2.75) is 13.0 Å². The third-order valence-electron chi connectivity index (χ3n) is 3.28. The van der Waals surface area contributed by atoms with Gasteiger partial charge >= 0.3 is 0 Å². The predicted octanol–water partition coefficient (Wildman–Crippen LogP) is 3.31. The summed E-state index contributed by atoms with van der Waals surface area (Å²) in [6.45, 7) is 1.63. The van der Waals surface area contributed by atoms with Gasteiger partial charge in [-0.25, -0.2) is 0 Å². The number of anilines is 2. The molecule has 0 fully saturated rings. The van der Waals surface area contributed by atoms with Gasteiger partial charge in [-0.2, -0.15) is 0 Å². The van der Waals surface area contributed by atoms with E-state index in [0.29, 0.717) is 27.7 Å². The first-order chi connectivity index (χ1) is 10.5. The molecule has 1 heterocycles. The fraction of sp³-hybridized carbons (Fsp3) is 0.125. The van der Waals surface area contributed by atoms with Crippen LogP contribution >= 0.6 is 11.6 Å². The Kier molecular flexibility index (Phi) is 3.73. The summed E-state index contributed by atoms with van der Waals surface area (Å²) in [5, 5.41) is 6.08. The van der Waals surface area contributed by atoms with E-state index in [1.807, 2.05) is 0 Å². The van der Waals surface area contributed by atoms with Crippen molar-refractivity contribution < 1.29 is 14.3 Å². The van der Waals surface area contributed by atoms with Crippen LogP contribution in [0, 0.1) is 0 Å². The highest BCUT2D eigenvalue weighted by Crippen LogP contribution is 2.33. The molecule has 1 unspecified atom stereocenters. The molecule has 0 saturated heterocycles. The lowest BCUT2D eigenvalue weighted by molar-refractivity contribution is -0.122. The summed E-state index contributed by atoms with van der Waals surface area (Å²) < 4.78 is 5.56. The van der Waals surface area contributed by atoms with Crippen LogP contribution in [0.3, 0.4) is 0 Å². The second kappa shape index (κ2) is 5.69. The molecule has 0 aliphatic carbocycles. The van der Waals surface area contributed by atoms with Gasteiger partial charge in [0.25, 0.3) is 11.8 Å². The Morgan fingerprint density at radius 3 is 2.68 bits per heavy atom. The zero-order valence-electron chi connectivity index (χ0n) is 11.7. The van der Waals surface area contributed by atoms with Crippen LogP contribution in [0.15, 0.2) is 42.5 Å². The third-order valence-corrected chi connectivity index (χ3v) is 3.54. The molecule has 0 saturated carbocycles. The van der Waals surface area contributed by atoms with Crippen molar-refractivity contribution in [3.8, 4) is 5.75 Å². The Morgan fingerprint density at radius 2 is 1.95 bits per heavy atom. The average Bonchev–Trinajstić information content (AvgIpc) is 2.50. The number of hydrogen-bond donors (Lipinski definition) is 2. The summed E-state index contributed by atoms with van der Waals surface area (Å²) >= 11 is 5.82. The van der Waals surface area contributed by atoms with Crippen molar-refractivity contribution in [2.24, 2.45) is 0 Å². The number of amides is 2. The Bertz CT molecular complexity index is 744. The van der Waals surface area contributed by atoms with Crippen molar-refractivity contribution in [1.29, 1.82) is 0 Å². The molecule has 112 valence electrons. The van der Waals surface area contributed by atoms with Gasteiger partial charge in [0, 0.05) is 10.7 Å². The number of carbonyl (C=O) groups is 2. The zero-order chi connectivity index (χ0) is 15.7. The number of para-hydroxylation sites is 1. The maximum atomic E-state index is 12.4. The molecule has 0 bridgehead atoms. The second-order valence-electron chi connectivity index (χ2n) is 4.89. The van der Waals surface area contributed by atoms with Crippen LogP contribution in [0.2, 0.25) is 5.02 Å². The lowest BCUT2D eigenvalue weighted by Gasteiger charge is -2.25. The molecular formula is C16H13ClN2O3. The number of hydrogen-bond acceptors (Lipinski definition) is 3. The maximum Gasteiger partial charge on any atom is 0.265 e. The lowest BCUT2D eigenvalue weighted by Crippen LogP contribution is -2.35. The number of fused-ring (bicyclic) bond motifs is 1. The Labute approximate surface area is 132 Å². The van der Waals surface area contributed by atoms with Crippen LogP contribution in [0.5, 0.6) is 5.75 Å². The van der Waals surface area contributed by atoms with Crippen molar-refractivity contribution >= 4 is 34.8 Å². The van der Waals surface area contributed by atoms with E-state index in [9.17, 15) is 9.59 Å². The van der Waals surface area contributed by atoms with E-state index in [1.165, 1.54) is 0 Å². The van der Waals surface area contributed by atoms with E-state index in [0.717, 1.165) is 0 Å². The zero-order valence-corrected chi connectivity index (χ0v) is 12.5. The van der Waals surface area contributed by atoms with Gasteiger partial charge in [-0.3, -0.25) is 9.59 Å². The lowest BCUT2D eigenvalue weighted by atomic mass is 10.1. The smallest absolute Gasteiger partial charge is 0.265 e. The van der Waals surface area contributed by atoms with E-state index in [-0.39, 0.29) is 11.8 Å². The summed E-state index contributed by atoms with van der Waals surface area (Å²) in [7, 11) is 0. The maximum absolute atomic E-state index is 12.4. The van der Waals surface area contributed by atoms with Crippen LogP contribution in [0.25, 0.3) is 0 Å². The minimum absolute atomic E-state index is 0.234. The molecule has 1 aliphatic heterocycles. The molecule has 1 aliphatic rings. The molecule has 22 heavy (non-hydrogen) atoms. The summed E-state index contributed by atoms with van der Waals surface area (Å²) in [5.74, 6) is -0.175. The standard InChI is InChI=1S/C16H13ClN2O3/c1-9-15(20)19-13-4-2-3-12(14(13)22-9)16(21)18-11-7-5-10(17)6-8-11/h2-9H,1H3,(H,18,21)(H,19,20). The summed E-state index contributed by atoms with van der Waals surface area (Å²) in [4.78, 5) is 24.0. The first-order valence-electron chi connectivity index (χ1n) is 6.72. The fourth-order valence-electron chi connectivity index (χ4n) is 2.14. The molecule has 0 radical (unpaired) electrons. The number of rotatable bonds is 2. The second-order valence-corrected chi connectivity index (χ2v) is 5.33. The topological polar surface area (TPSA) is 67.4 Å². The number of nitrogens with one attached hydrogen (secondary N) is 2. The van der Waals surface area contributed by atoms with Crippen LogP contribution in [-0.2, 0) is 4.79 Å². The monoisotopic (exact) mass is 316 g/mol. The van der Waals surface area contributed by atoms with Crippen LogP contribution in [0.1, 0.15) is 17.3 Å². The molecule has 5 nitrogen and oxygen atoms in total. The number of halogens is 1. The van der Waals surface area contributed by atoms with Crippen molar-refractivity contribution in [3.63, 3.8) is 0 Å². The minimum Gasteiger partial charge on any atom is -0.478 e. The first kappa shape index (κ1) is 14.4. The van der Waals surface area contributed by atoms with E-state index in [2.05, 4.69) is 10.6 Å². The SMILES string of the molecule is CC1Oc2c(cccc2C(=O)Nc2ccc(Cl)cc2)NC1=O. The van der Waals surface area contributed by atoms with E-state index < -0.39 is 6.10 Å². The van der Waals surface area contributed by atoms with E-state index >= 15 is 0 Å². The Hall–Kier alpha value is -2.53. The van der Waals surface area contributed by atoms with Gasteiger partial charge in [0.05, 0.1) is 11.3 Å². The molecule has 2 aromatic rings. The summed E-state index contributed by atoms with van der Waals surface area (Å²) in [5.41, 5.74) is 1.48. The van der Waals surface area contributed by atoms with Gasteiger partial charge < -0.3 is 15.4 Å². The van der Waals surface area contributed by atoms with Gasteiger partial charge in [0.1, 0.15) is 0 Å². The van der Waals surface area contributed by atoms with Crippen molar-refractivity contribution in [3.05, 3.63) is 53.1 Å². The molecular weight excluding hydrogens is 304 g/mol. The van der Waals surface area contributed by atoms with E-state index in [4.69, 9.17) is 16.3 Å². The summed E-state index contributed by atoms with van der Waals surface area (Å²) in [6, 6.07) is 11.8. The molecule has 2 amide bonds. The van der Waals surface area contributed by atoms with Crippen molar-refractivity contribution in [2.75, 3.05) is 10.6 Å². The van der Waals surface area contributed by atoms with Crippen molar-refractivity contribution in [1.82, 2.24) is 0 Å². The largest absolute Gasteiger partial charge is 0.478 e. The third kappa shape index (κ3) is 2.76. The Morgan fingerprint density at radius 1 is 1.23 bits per heavy atom. The number of benzene rings is 2. The Balaban J connectivity index is 1.89. The van der Waals surface area contributed by atoms with E-state index in [1.54, 1.807) is 49.4 Å². The highest BCUT2D eigenvalue weighted by molar-refractivity contribution is 6.30. The molecule has 3 rings (SSSR count).